The molecule has 0 spiro atoms. The zero-order valence-electron chi connectivity index (χ0n) is 21.3. The van der Waals surface area contributed by atoms with Crippen LogP contribution in [0.4, 0.5) is 10.6 Å². The molecule has 4 N–H and O–H groups in total. The van der Waals surface area contributed by atoms with E-state index in [4.69, 9.17) is 15.5 Å². The van der Waals surface area contributed by atoms with Gasteiger partial charge in [0.05, 0.1) is 23.1 Å². The summed E-state index contributed by atoms with van der Waals surface area (Å²) < 4.78 is 6.37. The molecule has 12 heteroatoms. The molecule has 3 aromatic rings. The lowest BCUT2D eigenvalue weighted by atomic mass is 10.0. The summed E-state index contributed by atoms with van der Waals surface area (Å²) in [7, 11) is 0. The van der Waals surface area contributed by atoms with Gasteiger partial charge in [0.1, 0.15) is 25.1 Å². The molecule has 0 saturated carbocycles. The molecule has 4 heterocycles. The number of alkyl carbamates (subject to hydrolysis) is 1. The number of nitrogens with two attached hydrogens (primary N) is 1. The first-order chi connectivity index (χ1) is 17.6. The Morgan fingerprint density at radius 3 is 2.62 bits per heavy atom. The van der Waals surface area contributed by atoms with Crippen molar-refractivity contribution >= 4 is 29.2 Å². The second kappa shape index (κ2) is 10.5. The number of carbonyl (C=O) groups excluding carboxylic acids is 3. The summed E-state index contributed by atoms with van der Waals surface area (Å²) in [6.07, 6.45) is 3.71. The number of aromatic nitrogens is 4. The number of amides is 2. The number of nitrogens with one attached hydrogen (secondary N) is 1. The van der Waals surface area contributed by atoms with E-state index in [9.17, 15) is 19.5 Å². The van der Waals surface area contributed by atoms with Crippen molar-refractivity contribution in [2.45, 2.75) is 58.7 Å². The summed E-state index contributed by atoms with van der Waals surface area (Å²) in [6.45, 7) is 6.76. The number of nitrogen functional groups attached to an aromatic ring is 1. The van der Waals surface area contributed by atoms with Gasteiger partial charge in [0.15, 0.2) is 11.4 Å². The van der Waals surface area contributed by atoms with Gasteiger partial charge in [0.25, 0.3) is 0 Å². The van der Waals surface area contributed by atoms with E-state index < -0.39 is 12.7 Å². The average Bonchev–Trinajstić information content (AvgIpc) is 3.49. The third kappa shape index (κ3) is 5.10. The molecule has 12 nitrogen and oxygen atoms in total. The number of fused-ring (bicyclic) bond motifs is 1. The minimum absolute atomic E-state index is 0.0940. The van der Waals surface area contributed by atoms with Crippen LogP contribution in [0, 0.1) is 0 Å². The minimum Gasteiger partial charge on any atom is -0.447 e. The normalized spacial score (nSPS) is 16.1. The second-order valence-electron chi connectivity index (χ2n) is 9.38. The maximum atomic E-state index is 12.5. The number of hydrogen-bond donors (Lipinski definition) is 3. The van der Waals surface area contributed by atoms with Crippen LogP contribution in [0.5, 0.6) is 0 Å². The number of nitrogens with zero attached hydrogens (tertiary/aromatic N) is 5. The Balaban J connectivity index is 1.67. The first-order valence-electron chi connectivity index (χ1n) is 12.1. The van der Waals surface area contributed by atoms with Gasteiger partial charge in [-0.25, -0.2) is 9.78 Å². The van der Waals surface area contributed by atoms with Crippen molar-refractivity contribution in [3.8, 4) is 11.1 Å². The van der Waals surface area contributed by atoms with E-state index in [1.165, 1.54) is 11.4 Å². The highest BCUT2D eigenvalue weighted by atomic mass is 16.6. The van der Waals surface area contributed by atoms with Crippen LogP contribution in [-0.4, -0.2) is 72.7 Å². The predicted molar refractivity (Wildman–Crippen MR) is 135 cm³/mol. The molecule has 1 aliphatic rings. The zero-order valence-corrected chi connectivity index (χ0v) is 21.3. The summed E-state index contributed by atoms with van der Waals surface area (Å²) >= 11 is 0. The molecule has 1 saturated heterocycles. The lowest BCUT2D eigenvalue weighted by Gasteiger charge is -2.32. The Labute approximate surface area is 213 Å². The van der Waals surface area contributed by atoms with Crippen LogP contribution in [0.2, 0.25) is 0 Å². The van der Waals surface area contributed by atoms with Crippen LogP contribution >= 0.6 is 0 Å². The van der Waals surface area contributed by atoms with Crippen LogP contribution in [0.1, 0.15) is 61.9 Å². The molecule has 196 valence electrons. The van der Waals surface area contributed by atoms with Gasteiger partial charge in [0, 0.05) is 29.4 Å². The Morgan fingerprint density at radius 2 is 2.05 bits per heavy atom. The van der Waals surface area contributed by atoms with Crippen molar-refractivity contribution in [1.29, 1.82) is 0 Å². The topological polar surface area (TPSA) is 165 Å². The Kier molecular flexibility index (Phi) is 7.39. The van der Waals surface area contributed by atoms with Crippen molar-refractivity contribution in [3.63, 3.8) is 0 Å². The minimum atomic E-state index is -0.565. The van der Waals surface area contributed by atoms with Crippen LogP contribution in [-0.2, 0) is 16.0 Å². The third-order valence-corrected chi connectivity index (χ3v) is 6.49. The van der Waals surface area contributed by atoms with Gasteiger partial charge in [-0.3, -0.25) is 14.6 Å². The SMILES string of the molecule is CC(=O)c1c(CC[C@@H](C)N(C(=O)CO)C(C)C)nc2c(-c3ccc([C@H]4COC(=O)N4)nc3)cnn2c1N. The smallest absolute Gasteiger partial charge is 0.407 e. The lowest BCUT2D eigenvalue weighted by molar-refractivity contribution is -0.138. The van der Waals surface area contributed by atoms with Crippen molar-refractivity contribution in [1.82, 2.24) is 29.8 Å². The molecule has 2 amide bonds. The molecule has 1 aliphatic heterocycles. The number of anilines is 1. The van der Waals surface area contributed by atoms with Crippen LogP contribution < -0.4 is 11.1 Å². The Morgan fingerprint density at radius 1 is 1.30 bits per heavy atom. The molecule has 4 rings (SSSR count). The summed E-state index contributed by atoms with van der Waals surface area (Å²) in [5.74, 6) is -0.394. The molecule has 0 aliphatic carbocycles. The maximum Gasteiger partial charge on any atom is 0.407 e. The van der Waals surface area contributed by atoms with Gasteiger partial charge in [0.2, 0.25) is 5.91 Å². The Bertz CT molecular complexity index is 1340. The number of ether oxygens (including phenoxy) is 1. The summed E-state index contributed by atoms with van der Waals surface area (Å²) in [4.78, 5) is 47.0. The first-order valence-corrected chi connectivity index (χ1v) is 12.1. The highest BCUT2D eigenvalue weighted by Crippen LogP contribution is 2.29. The highest BCUT2D eigenvalue weighted by Gasteiger charge is 2.26. The van der Waals surface area contributed by atoms with E-state index in [0.29, 0.717) is 41.0 Å². The van der Waals surface area contributed by atoms with Crippen molar-refractivity contribution in [2.24, 2.45) is 0 Å². The van der Waals surface area contributed by atoms with Gasteiger partial charge in [-0.05, 0) is 46.6 Å². The predicted octanol–water partition coefficient (Wildman–Crippen LogP) is 1.91. The number of aliphatic hydroxyl groups is 1. The Hall–Kier alpha value is -4.06. The number of Topliss-reactive ketones (excluding diaryl/α,β-unsaturated/α-hetero) is 1. The molecule has 3 aromatic heterocycles. The third-order valence-electron chi connectivity index (χ3n) is 6.49. The van der Waals surface area contributed by atoms with E-state index in [1.807, 2.05) is 26.8 Å². The number of pyridine rings is 1. The molecule has 1 fully saturated rings. The summed E-state index contributed by atoms with van der Waals surface area (Å²) in [6, 6.07) is 3.05. The number of hydrogen-bond acceptors (Lipinski definition) is 9. The van der Waals surface area contributed by atoms with Gasteiger partial charge < -0.3 is 25.8 Å². The van der Waals surface area contributed by atoms with Gasteiger partial charge >= 0.3 is 6.09 Å². The number of aliphatic hydroxyl groups excluding tert-OH is 1. The van der Waals surface area contributed by atoms with E-state index in [0.717, 1.165) is 5.56 Å². The fraction of sp³-hybridized carbons (Fsp3) is 0.440. The monoisotopic (exact) mass is 509 g/mol. The largest absolute Gasteiger partial charge is 0.447 e. The molecule has 0 radical (unpaired) electrons. The molecular formula is C25H31N7O5. The quantitative estimate of drug-likeness (QED) is 0.365. The van der Waals surface area contributed by atoms with Gasteiger partial charge in [-0.2, -0.15) is 9.61 Å². The summed E-state index contributed by atoms with van der Waals surface area (Å²) in [5.41, 5.74) is 9.76. The zero-order chi connectivity index (χ0) is 26.9. The van der Waals surface area contributed by atoms with Crippen LogP contribution in [0.3, 0.4) is 0 Å². The number of rotatable bonds is 9. The van der Waals surface area contributed by atoms with E-state index in [-0.39, 0.29) is 42.2 Å². The average molecular weight is 510 g/mol. The van der Waals surface area contributed by atoms with Crippen molar-refractivity contribution in [3.05, 3.63) is 41.5 Å². The summed E-state index contributed by atoms with van der Waals surface area (Å²) in [5, 5.41) is 16.4. The number of cyclic esters (lactones) is 1. The maximum absolute atomic E-state index is 12.5. The van der Waals surface area contributed by atoms with Crippen LogP contribution in [0.15, 0.2) is 24.5 Å². The standard InChI is InChI=1S/C25H31N7O5/c1-13(2)31(21(35)11-33)14(3)5-7-19-22(15(4)34)23(26)32-24(29-19)17(10-28-32)16-6-8-18(27-9-16)20-12-37-25(36)30-20/h6,8-10,13-14,20,33H,5,7,11-12,26H2,1-4H3,(H,30,36)/t14-,20-/m1/s1. The van der Waals surface area contributed by atoms with Crippen LogP contribution in [0.25, 0.3) is 16.8 Å². The molecule has 0 unspecified atom stereocenters. The van der Waals surface area contributed by atoms with E-state index in [1.54, 1.807) is 23.4 Å². The van der Waals surface area contributed by atoms with E-state index in [2.05, 4.69) is 15.4 Å². The first kappa shape index (κ1) is 26.0. The molecule has 37 heavy (non-hydrogen) atoms. The number of ketones is 1. The molecule has 2 atom stereocenters. The van der Waals surface area contributed by atoms with Crippen molar-refractivity contribution < 1.29 is 24.2 Å². The number of aryl methyl sites for hydroxylation is 1. The van der Waals surface area contributed by atoms with Crippen molar-refractivity contribution in [2.75, 3.05) is 18.9 Å². The van der Waals surface area contributed by atoms with E-state index >= 15 is 0 Å². The number of carbonyl (C=O) groups is 3. The van der Waals surface area contributed by atoms with Gasteiger partial charge in [-0.15, -0.1) is 0 Å². The fourth-order valence-corrected chi connectivity index (χ4v) is 4.76. The molecule has 0 bridgehead atoms. The molecular weight excluding hydrogens is 478 g/mol. The highest BCUT2D eigenvalue weighted by molar-refractivity contribution is 6.00. The molecule has 0 aromatic carbocycles. The van der Waals surface area contributed by atoms with Gasteiger partial charge in [-0.1, -0.05) is 6.07 Å². The lowest BCUT2D eigenvalue weighted by Crippen LogP contribution is -2.45. The second-order valence-corrected chi connectivity index (χ2v) is 9.38. The fourth-order valence-electron chi connectivity index (χ4n) is 4.76.